The molecule has 3 nitrogen and oxygen atoms in total. The van der Waals surface area contributed by atoms with Crippen molar-refractivity contribution in [3.8, 4) is 0 Å². The summed E-state index contributed by atoms with van der Waals surface area (Å²) in [5, 5.41) is 13.0. The van der Waals surface area contributed by atoms with Crippen LogP contribution in [0.5, 0.6) is 0 Å². The molecule has 0 aliphatic heterocycles. The lowest BCUT2D eigenvalue weighted by Gasteiger charge is -2.23. The number of hydrogen-bond acceptors (Lipinski definition) is 3. The molecule has 1 aromatic carbocycles. The molecular weight excluding hydrogens is 328 g/mol. The van der Waals surface area contributed by atoms with E-state index in [4.69, 9.17) is 0 Å². The topological polar surface area (TPSA) is 35.5 Å². The van der Waals surface area contributed by atoms with E-state index in [2.05, 4.69) is 64.4 Å². The Balaban J connectivity index is 2.54. The lowest BCUT2D eigenvalue weighted by atomic mass is 10.0. The van der Waals surface area contributed by atoms with E-state index in [1.54, 1.807) is 0 Å². The van der Waals surface area contributed by atoms with E-state index in [1.807, 2.05) is 6.92 Å². The highest BCUT2D eigenvalue weighted by molar-refractivity contribution is 9.10. The van der Waals surface area contributed by atoms with Gasteiger partial charge in [-0.25, -0.2) is 0 Å². The SMILES string of the molecule is CCCNC(CCN(C)CCC(C)O)c1cccc(Br)c1. The van der Waals surface area contributed by atoms with E-state index < -0.39 is 0 Å². The maximum absolute atomic E-state index is 9.36. The number of rotatable bonds is 10. The summed E-state index contributed by atoms with van der Waals surface area (Å²) in [5.74, 6) is 0. The third-order valence-electron chi connectivity index (χ3n) is 3.62. The minimum Gasteiger partial charge on any atom is -0.393 e. The van der Waals surface area contributed by atoms with E-state index in [9.17, 15) is 5.11 Å². The van der Waals surface area contributed by atoms with E-state index in [0.29, 0.717) is 6.04 Å². The molecule has 0 radical (unpaired) electrons. The summed E-state index contributed by atoms with van der Waals surface area (Å²) >= 11 is 3.55. The van der Waals surface area contributed by atoms with Crippen molar-refractivity contribution >= 4 is 15.9 Å². The first-order valence-electron chi connectivity index (χ1n) is 7.88. The van der Waals surface area contributed by atoms with Gasteiger partial charge in [-0.15, -0.1) is 0 Å². The summed E-state index contributed by atoms with van der Waals surface area (Å²) in [6, 6.07) is 8.93. The van der Waals surface area contributed by atoms with Crippen LogP contribution in [0.4, 0.5) is 0 Å². The Hall–Kier alpha value is -0.420. The van der Waals surface area contributed by atoms with Crippen LogP contribution in [0.1, 0.15) is 44.7 Å². The molecule has 1 aromatic rings. The van der Waals surface area contributed by atoms with Crippen molar-refractivity contribution < 1.29 is 5.11 Å². The van der Waals surface area contributed by atoms with Gasteiger partial charge in [0.15, 0.2) is 0 Å². The number of nitrogens with zero attached hydrogens (tertiary/aromatic N) is 1. The summed E-state index contributed by atoms with van der Waals surface area (Å²) in [7, 11) is 2.13. The third-order valence-corrected chi connectivity index (χ3v) is 4.11. The Morgan fingerprint density at radius 2 is 2.00 bits per heavy atom. The second-order valence-electron chi connectivity index (χ2n) is 5.79. The second kappa shape index (κ2) is 10.3. The van der Waals surface area contributed by atoms with E-state index in [0.717, 1.165) is 43.4 Å². The van der Waals surface area contributed by atoms with Gasteiger partial charge in [0.1, 0.15) is 0 Å². The molecule has 1 rings (SSSR count). The monoisotopic (exact) mass is 356 g/mol. The third kappa shape index (κ3) is 7.96. The highest BCUT2D eigenvalue weighted by Crippen LogP contribution is 2.21. The van der Waals surface area contributed by atoms with Gasteiger partial charge in [0, 0.05) is 17.1 Å². The van der Waals surface area contributed by atoms with Crippen LogP contribution < -0.4 is 5.32 Å². The number of benzene rings is 1. The Morgan fingerprint density at radius 1 is 1.29 bits per heavy atom. The van der Waals surface area contributed by atoms with Crippen LogP contribution in [0.3, 0.4) is 0 Å². The van der Waals surface area contributed by atoms with Gasteiger partial charge in [0.25, 0.3) is 0 Å². The predicted octanol–water partition coefficient (Wildman–Crippen LogP) is 3.58. The van der Waals surface area contributed by atoms with Gasteiger partial charge in [0.2, 0.25) is 0 Å². The molecule has 0 heterocycles. The normalized spacial score (nSPS) is 14.4. The Labute approximate surface area is 137 Å². The van der Waals surface area contributed by atoms with Crippen molar-refractivity contribution in [3.05, 3.63) is 34.3 Å². The number of aliphatic hydroxyl groups excluding tert-OH is 1. The molecule has 2 N–H and O–H groups in total. The largest absolute Gasteiger partial charge is 0.393 e. The van der Waals surface area contributed by atoms with Gasteiger partial charge in [0.05, 0.1) is 6.10 Å². The maximum Gasteiger partial charge on any atom is 0.0524 e. The van der Waals surface area contributed by atoms with Gasteiger partial charge in [-0.3, -0.25) is 0 Å². The van der Waals surface area contributed by atoms with E-state index in [1.165, 1.54) is 5.56 Å². The maximum atomic E-state index is 9.36. The standard InChI is InChI=1S/C17H29BrN2O/c1-4-10-19-17(15-6-5-7-16(18)13-15)9-12-20(3)11-8-14(2)21/h5-7,13-14,17,19,21H,4,8-12H2,1-3H3. The van der Waals surface area contributed by atoms with Gasteiger partial charge in [-0.05, 0) is 64.0 Å². The van der Waals surface area contributed by atoms with Crippen molar-refractivity contribution in [2.45, 2.75) is 45.3 Å². The Bertz CT molecular complexity index is 398. The average Bonchev–Trinajstić information content (AvgIpc) is 2.45. The summed E-state index contributed by atoms with van der Waals surface area (Å²) in [5.41, 5.74) is 1.33. The molecule has 0 amide bonds. The Morgan fingerprint density at radius 3 is 2.62 bits per heavy atom. The second-order valence-corrected chi connectivity index (χ2v) is 6.71. The minimum atomic E-state index is -0.216. The van der Waals surface area contributed by atoms with Crippen LogP contribution in [-0.2, 0) is 0 Å². The van der Waals surface area contributed by atoms with Crippen LogP contribution in [0.2, 0.25) is 0 Å². The molecule has 120 valence electrons. The van der Waals surface area contributed by atoms with Crippen LogP contribution in [0.25, 0.3) is 0 Å². The molecule has 0 saturated carbocycles. The predicted molar refractivity (Wildman–Crippen MR) is 93.6 cm³/mol. The molecule has 2 unspecified atom stereocenters. The molecule has 21 heavy (non-hydrogen) atoms. The van der Waals surface area contributed by atoms with Crippen molar-refractivity contribution in [2.75, 3.05) is 26.7 Å². The zero-order valence-corrected chi connectivity index (χ0v) is 15.1. The molecule has 0 aliphatic carbocycles. The zero-order valence-electron chi connectivity index (χ0n) is 13.5. The van der Waals surface area contributed by atoms with Crippen LogP contribution in [0.15, 0.2) is 28.7 Å². The summed E-state index contributed by atoms with van der Waals surface area (Å²) in [4.78, 5) is 2.30. The molecule has 0 fully saturated rings. The van der Waals surface area contributed by atoms with E-state index in [-0.39, 0.29) is 6.10 Å². The van der Waals surface area contributed by atoms with Crippen molar-refractivity contribution in [3.63, 3.8) is 0 Å². The first-order chi connectivity index (χ1) is 10.0. The average molecular weight is 357 g/mol. The number of aliphatic hydroxyl groups is 1. The van der Waals surface area contributed by atoms with Gasteiger partial charge < -0.3 is 15.3 Å². The summed E-state index contributed by atoms with van der Waals surface area (Å²) in [6.45, 7) is 7.05. The molecule has 0 spiro atoms. The highest BCUT2D eigenvalue weighted by Gasteiger charge is 2.12. The molecule has 4 heteroatoms. The summed E-state index contributed by atoms with van der Waals surface area (Å²) < 4.78 is 1.13. The number of hydrogen-bond donors (Lipinski definition) is 2. The summed E-state index contributed by atoms with van der Waals surface area (Å²) in [6.07, 6.45) is 2.83. The molecule has 0 saturated heterocycles. The van der Waals surface area contributed by atoms with Crippen molar-refractivity contribution in [2.24, 2.45) is 0 Å². The van der Waals surface area contributed by atoms with Gasteiger partial charge in [-0.1, -0.05) is 35.0 Å². The van der Waals surface area contributed by atoms with Crippen molar-refractivity contribution in [1.82, 2.24) is 10.2 Å². The first-order valence-corrected chi connectivity index (χ1v) is 8.67. The molecule has 0 aromatic heterocycles. The highest BCUT2D eigenvalue weighted by atomic mass is 79.9. The molecule has 2 atom stereocenters. The number of halogens is 1. The number of nitrogens with one attached hydrogen (secondary N) is 1. The van der Waals surface area contributed by atoms with Crippen molar-refractivity contribution in [1.29, 1.82) is 0 Å². The molecule has 0 bridgehead atoms. The molecule has 0 aliphatic rings. The molecular formula is C17H29BrN2O. The zero-order chi connectivity index (χ0) is 15.7. The van der Waals surface area contributed by atoms with Crippen LogP contribution in [-0.4, -0.2) is 42.8 Å². The fraction of sp³-hybridized carbons (Fsp3) is 0.647. The quantitative estimate of drug-likeness (QED) is 0.672. The smallest absolute Gasteiger partial charge is 0.0524 e. The Kier molecular flexibility index (Phi) is 9.16. The van der Waals surface area contributed by atoms with E-state index >= 15 is 0 Å². The minimum absolute atomic E-state index is 0.216. The van der Waals surface area contributed by atoms with Crippen LogP contribution in [0, 0.1) is 0 Å². The lowest BCUT2D eigenvalue weighted by Crippen LogP contribution is -2.29. The first kappa shape index (κ1) is 18.6. The van der Waals surface area contributed by atoms with Gasteiger partial charge in [-0.2, -0.15) is 0 Å². The van der Waals surface area contributed by atoms with Gasteiger partial charge >= 0.3 is 0 Å². The lowest BCUT2D eigenvalue weighted by molar-refractivity contribution is 0.163. The fourth-order valence-corrected chi connectivity index (χ4v) is 2.71. The van der Waals surface area contributed by atoms with Crippen LogP contribution >= 0.6 is 15.9 Å². The fourth-order valence-electron chi connectivity index (χ4n) is 2.30.